The van der Waals surface area contributed by atoms with Gasteiger partial charge in [0.1, 0.15) is 11.6 Å². The molecule has 1 atom stereocenters. The Hall–Kier alpha value is -2.80. The molecule has 0 aliphatic rings. The average Bonchev–Trinajstić information content (AvgIpc) is 2.59. The molecule has 1 aromatic rings. The first-order chi connectivity index (χ1) is 11.5. The molecule has 0 fully saturated rings. The van der Waals surface area contributed by atoms with Crippen LogP contribution < -0.4 is 5.32 Å². The van der Waals surface area contributed by atoms with E-state index >= 15 is 0 Å². The third-order valence-corrected chi connectivity index (χ3v) is 3.64. The minimum atomic E-state index is -0.386. The lowest BCUT2D eigenvalue weighted by atomic mass is 10.0. The normalized spacial score (nSPS) is 12.0. The Bertz CT molecular complexity index is 628. The molecule has 4 nitrogen and oxygen atoms in total. The van der Waals surface area contributed by atoms with E-state index in [4.69, 9.17) is 0 Å². The van der Waals surface area contributed by atoms with Gasteiger partial charge in [-0.25, -0.2) is 0 Å². The lowest BCUT2D eigenvalue weighted by Gasteiger charge is -2.18. The summed E-state index contributed by atoms with van der Waals surface area (Å²) in [5, 5.41) is 12.1. The van der Waals surface area contributed by atoms with Gasteiger partial charge >= 0.3 is 0 Å². The second-order valence-electron chi connectivity index (χ2n) is 5.48. The molecule has 1 N–H and O–H groups in total. The fourth-order valence-corrected chi connectivity index (χ4v) is 2.23. The van der Waals surface area contributed by atoms with Gasteiger partial charge in [0.2, 0.25) is 0 Å². The highest BCUT2D eigenvalue weighted by molar-refractivity contribution is 5.97. The highest BCUT2D eigenvalue weighted by Crippen LogP contribution is 2.14. The van der Waals surface area contributed by atoms with Gasteiger partial charge in [-0.3, -0.25) is 4.79 Å². The van der Waals surface area contributed by atoms with E-state index in [9.17, 15) is 10.1 Å². The maximum absolute atomic E-state index is 12.3. The lowest BCUT2D eigenvalue weighted by molar-refractivity contribution is -0.117. The molecule has 0 aliphatic carbocycles. The van der Waals surface area contributed by atoms with Gasteiger partial charge in [-0.15, -0.1) is 13.2 Å². The molecule has 0 aromatic heterocycles. The SMILES string of the molecule is C=CCN(/C=C(/C#N)C(=O)NC(C)c1ccc(CC)cc1)CC=C. The molecule has 0 spiro atoms. The number of nitrogens with zero attached hydrogens (tertiary/aromatic N) is 2. The summed E-state index contributed by atoms with van der Waals surface area (Å²) in [5.74, 6) is -0.386. The quantitative estimate of drug-likeness (QED) is 0.430. The molecule has 1 unspecified atom stereocenters. The topological polar surface area (TPSA) is 56.1 Å². The largest absolute Gasteiger partial charge is 0.369 e. The number of nitrogens with one attached hydrogen (secondary N) is 1. The number of carbonyl (C=O) groups excluding carboxylic acids is 1. The lowest BCUT2D eigenvalue weighted by Crippen LogP contribution is -2.29. The molecule has 1 rings (SSSR count). The molecule has 4 heteroatoms. The minimum absolute atomic E-state index is 0.0655. The summed E-state index contributed by atoms with van der Waals surface area (Å²) in [6.07, 6.45) is 5.95. The molecular formula is C20H25N3O. The summed E-state index contributed by atoms with van der Waals surface area (Å²) in [6, 6.07) is 9.89. The van der Waals surface area contributed by atoms with E-state index in [1.165, 1.54) is 5.56 Å². The maximum Gasteiger partial charge on any atom is 0.263 e. The molecule has 0 heterocycles. The van der Waals surface area contributed by atoms with Crippen molar-refractivity contribution in [2.45, 2.75) is 26.3 Å². The van der Waals surface area contributed by atoms with Gasteiger partial charge in [0, 0.05) is 19.3 Å². The maximum atomic E-state index is 12.3. The zero-order valence-corrected chi connectivity index (χ0v) is 14.5. The highest BCUT2D eigenvalue weighted by Gasteiger charge is 2.14. The van der Waals surface area contributed by atoms with E-state index in [2.05, 4.69) is 37.5 Å². The van der Waals surface area contributed by atoms with Gasteiger partial charge in [-0.2, -0.15) is 5.26 Å². The number of aryl methyl sites for hydroxylation is 1. The van der Waals surface area contributed by atoms with Crippen LogP contribution in [0.1, 0.15) is 31.0 Å². The van der Waals surface area contributed by atoms with Crippen LogP contribution in [0.15, 0.2) is 61.3 Å². The van der Waals surface area contributed by atoms with Crippen LogP contribution >= 0.6 is 0 Å². The molecule has 0 bridgehead atoms. The van der Waals surface area contributed by atoms with Gasteiger partial charge in [0.15, 0.2) is 0 Å². The van der Waals surface area contributed by atoms with Gasteiger partial charge in [0.25, 0.3) is 5.91 Å². The Kier molecular flexibility index (Phi) is 8.07. The fraction of sp³-hybridized carbons (Fsp3) is 0.300. The standard InChI is InChI=1S/C20H25N3O/c1-5-12-23(13-6-2)15-19(14-21)20(24)22-16(4)18-10-8-17(7-3)9-11-18/h5-6,8-11,15-16H,1-2,7,12-13H2,3-4H3,(H,22,24)/b19-15-. The molecule has 0 saturated heterocycles. The van der Waals surface area contributed by atoms with Crippen molar-refractivity contribution in [2.24, 2.45) is 0 Å². The van der Waals surface area contributed by atoms with Crippen molar-refractivity contribution in [2.75, 3.05) is 13.1 Å². The summed E-state index contributed by atoms with van der Waals surface area (Å²) in [4.78, 5) is 14.1. The van der Waals surface area contributed by atoms with E-state index in [0.717, 1.165) is 12.0 Å². The Morgan fingerprint density at radius 1 is 1.29 bits per heavy atom. The van der Waals surface area contributed by atoms with Crippen LogP contribution in [0.2, 0.25) is 0 Å². The Labute approximate surface area is 144 Å². The summed E-state index contributed by atoms with van der Waals surface area (Å²) in [5.41, 5.74) is 2.32. The predicted molar refractivity (Wildman–Crippen MR) is 98.0 cm³/mol. The smallest absolute Gasteiger partial charge is 0.263 e. The number of hydrogen-bond acceptors (Lipinski definition) is 3. The molecule has 1 aromatic carbocycles. The first-order valence-electron chi connectivity index (χ1n) is 8.03. The molecule has 1 amide bonds. The second-order valence-corrected chi connectivity index (χ2v) is 5.48. The van der Waals surface area contributed by atoms with Crippen LogP contribution in [0.4, 0.5) is 0 Å². The van der Waals surface area contributed by atoms with Gasteiger partial charge in [0.05, 0.1) is 6.04 Å². The number of benzene rings is 1. The van der Waals surface area contributed by atoms with E-state index in [-0.39, 0.29) is 17.5 Å². The molecule has 126 valence electrons. The van der Waals surface area contributed by atoms with Crippen molar-refractivity contribution in [3.63, 3.8) is 0 Å². The minimum Gasteiger partial charge on any atom is -0.369 e. The number of amides is 1. The van der Waals surface area contributed by atoms with Crippen LogP contribution in [-0.2, 0) is 11.2 Å². The highest BCUT2D eigenvalue weighted by atomic mass is 16.1. The second kappa shape index (κ2) is 10.1. The van der Waals surface area contributed by atoms with E-state index in [1.807, 2.05) is 25.1 Å². The predicted octanol–water partition coefficient (Wildman–Crippen LogP) is 3.51. The third kappa shape index (κ3) is 5.77. The summed E-state index contributed by atoms with van der Waals surface area (Å²) in [6.45, 7) is 12.4. The van der Waals surface area contributed by atoms with Gasteiger partial charge in [-0.05, 0) is 24.5 Å². The van der Waals surface area contributed by atoms with Crippen LogP contribution in [0.25, 0.3) is 0 Å². The monoisotopic (exact) mass is 323 g/mol. The zero-order chi connectivity index (χ0) is 17.9. The van der Waals surface area contributed by atoms with Crippen LogP contribution in [0.3, 0.4) is 0 Å². The van der Waals surface area contributed by atoms with E-state index in [1.54, 1.807) is 23.3 Å². The molecule has 24 heavy (non-hydrogen) atoms. The van der Waals surface area contributed by atoms with E-state index < -0.39 is 0 Å². The number of carbonyl (C=O) groups is 1. The zero-order valence-electron chi connectivity index (χ0n) is 14.5. The Morgan fingerprint density at radius 3 is 2.33 bits per heavy atom. The number of rotatable bonds is 9. The molecule has 0 radical (unpaired) electrons. The average molecular weight is 323 g/mol. The van der Waals surface area contributed by atoms with Crippen LogP contribution in [0.5, 0.6) is 0 Å². The number of nitriles is 1. The van der Waals surface area contributed by atoms with Crippen molar-refractivity contribution in [3.05, 3.63) is 72.5 Å². The van der Waals surface area contributed by atoms with Crippen molar-refractivity contribution in [1.82, 2.24) is 10.2 Å². The van der Waals surface area contributed by atoms with E-state index in [0.29, 0.717) is 13.1 Å². The molecular weight excluding hydrogens is 298 g/mol. The van der Waals surface area contributed by atoms with Crippen molar-refractivity contribution < 1.29 is 4.79 Å². The first-order valence-corrected chi connectivity index (χ1v) is 8.03. The molecule has 0 saturated carbocycles. The summed E-state index contributed by atoms with van der Waals surface area (Å²) >= 11 is 0. The first kappa shape index (κ1) is 19.2. The van der Waals surface area contributed by atoms with Crippen molar-refractivity contribution in [3.8, 4) is 6.07 Å². The van der Waals surface area contributed by atoms with Crippen LogP contribution in [-0.4, -0.2) is 23.9 Å². The van der Waals surface area contributed by atoms with Gasteiger partial charge in [-0.1, -0.05) is 43.3 Å². The van der Waals surface area contributed by atoms with Gasteiger partial charge < -0.3 is 10.2 Å². The van der Waals surface area contributed by atoms with Crippen LogP contribution in [0, 0.1) is 11.3 Å². The Balaban J connectivity index is 2.83. The Morgan fingerprint density at radius 2 is 1.88 bits per heavy atom. The van der Waals surface area contributed by atoms with Crippen molar-refractivity contribution in [1.29, 1.82) is 5.26 Å². The fourth-order valence-electron chi connectivity index (χ4n) is 2.23. The number of hydrogen-bond donors (Lipinski definition) is 1. The summed E-state index contributed by atoms with van der Waals surface area (Å²) in [7, 11) is 0. The molecule has 0 aliphatic heterocycles. The summed E-state index contributed by atoms with van der Waals surface area (Å²) < 4.78 is 0. The van der Waals surface area contributed by atoms with Crippen molar-refractivity contribution >= 4 is 5.91 Å². The third-order valence-electron chi connectivity index (χ3n) is 3.64.